The second-order valence-corrected chi connectivity index (χ2v) is 4.43. The Morgan fingerprint density at radius 1 is 1.53 bits per heavy atom. The van der Waals surface area contributed by atoms with E-state index in [-0.39, 0.29) is 0 Å². The highest BCUT2D eigenvalue weighted by atomic mass is 16.5. The van der Waals surface area contributed by atoms with Gasteiger partial charge in [0, 0.05) is 12.1 Å². The van der Waals surface area contributed by atoms with E-state index in [1.165, 1.54) is 0 Å². The van der Waals surface area contributed by atoms with Crippen molar-refractivity contribution in [3.8, 4) is 0 Å². The molecule has 0 aliphatic carbocycles. The van der Waals surface area contributed by atoms with E-state index in [4.69, 9.17) is 10.5 Å². The molecule has 1 aliphatic rings. The molecule has 0 radical (unpaired) electrons. The minimum absolute atomic E-state index is 0.341. The molecule has 1 aliphatic heterocycles. The van der Waals surface area contributed by atoms with Crippen molar-refractivity contribution >= 4 is 11.6 Å². The highest BCUT2D eigenvalue weighted by molar-refractivity contribution is 5.57. The molecule has 94 valence electrons. The minimum atomic E-state index is 0.341. The average Bonchev–Trinajstić information content (AvgIpc) is 2.33. The largest absolute Gasteiger partial charge is 0.383 e. The summed E-state index contributed by atoms with van der Waals surface area (Å²) in [5, 5.41) is 0. The Morgan fingerprint density at radius 2 is 2.35 bits per heavy atom. The van der Waals surface area contributed by atoms with Gasteiger partial charge in [0.2, 0.25) is 0 Å². The molecule has 1 atom stereocenters. The predicted octanol–water partition coefficient (Wildman–Crippen LogP) is 1.24. The lowest BCUT2D eigenvalue weighted by molar-refractivity contribution is 0.0984. The average molecular weight is 236 g/mol. The fourth-order valence-corrected chi connectivity index (χ4v) is 2.20. The number of aromatic nitrogens is 2. The maximum Gasteiger partial charge on any atom is 0.137 e. The number of nitrogens with zero attached hydrogens (tertiary/aromatic N) is 3. The van der Waals surface area contributed by atoms with Crippen LogP contribution >= 0.6 is 0 Å². The smallest absolute Gasteiger partial charge is 0.137 e. The first-order valence-electron chi connectivity index (χ1n) is 6.17. The van der Waals surface area contributed by atoms with E-state index in [2.05, 4.69) is 28.7 Å². The number of rotatable bonds is 3. The number of hydrogen-bond acceptors (Lipinski definition) is 5. The van der Waals surface area contributed by atoms with Crippen molar-refractivity contribution in [2.24, 2.45) is 0 Å². The summed E-state index contributed by atoms with van der Waals surface area (Å²) in [6, 6.07) is 0.341. The number of ether oxygens (including phenoxy) is 1. The first kappa shape index (κ1) is 12.1. The molecule has 1 saturated heterocycles. The molecule has 17 heavy (non-hydrogen) atoms. The van der Waals surface area contributed by atoms with Crippen LogP contribution in [0.15, 0.2) is 6.33 Å². The topological polar surface area (TPSA) is 64.3 Å². The predicted molar refractivity (Wildman–Crippen MR) is 68.1 cm³/mol. The van der Waals surface area contributed by atoms with E-state index in [0.29, 0.717) is 11.9 Å². The quantitative estimate of drug-likeness (QED) is 0.855. The first-order valence-corrected chi connectivity index (χ1v) is 6.17. The van der Waals surface area contributed by atoms with Gasteiger partial charge in [-0.2, -0.15) is 0 Å². The van der Waals surface area contributed by atoms with E-state index in [0.717, 1.165) is 44.0 Å². The van der Waals surface area contributed by atoms with Crippen LogP contribution in [0.2, 0.25) is 0 Å². The van der Waals surface area contributed by atoms with Gasteiger partial charge in [-0.15, -0.1) is 0 Å². The first-order chi connectivity index (χ1) is 8.24. The van der Waals surface area contributed by atoms with Crippen molar-refractivity contribution in [3.63, 3.8) is 0 Å². The molecule has 2 heterocycles. The summed E-state index contributed by atoms with van der Waals surface area (Å²) in [5.74, 6) is 1.59. The van der Waals surface area contributed by atoms with E-state index >= 15 is 0 Å². The molecule has 5 heteroatoms. The van der Waals surface area contributed by atoms with E-state index in [1.807, 2.05) is 0 Å². The highest BCUT2D eigenvalue weighted by Crippen LogP contribution is 2.25. The fraction of sp³-hybridized carbons (Fsp3) is 0.667. The Morgan fingerprint density at radius 3 is 3.06 bits per heavy atom. The normalized spacial score (nSPS) is 20.6. The Labute approximate surface area is 102 Å². The summed E-state index contributed by atoms with van der Waals surface area (Å²) in [6.45, 7) is 6.65. The standard InChI is InChI=1S/C12H20N4O/c1-3-4-10-11(13)14-8-15-12(10)16-5-6-17-7-9(16)2/h8-9H,3-7H2,1-2H3,(H2,13,14,15). The number of nitrogen functional groups attached to an aromatic ring is 1. The Balaban J connectivity index is 2.32. The summed E-state index contributed by atoms with van der Waals surface area (Å²) >= 11 is 0. The lowest BCUT2D eigenvalue weighted by Gasteiger charge is -2.35. The molecule has 2 rings (SSSR count). The van der Waals surface area contributed by atoms with Crippen molar-refractivity contribution in [3.05, 3.63) is 11.9 Å². The maximum atomic E-state index is 5.95. The molecule has 2 N–H and O–H groups in total. The summed E-state index contributed by atoms with van der Waals surface area (Å²) in [6.07, 6.45) is 3.52. The third-order valence-corrected chi connectivity index (χ3v) is 3.10. The van der Waals surface area contributed by atoms with Crippen molar-refractivity contribution < 1.29 is 4.74 Å². The zero-order chi connectivity index (χ0) is 12.3. The van der Waals surface area contributed by atoms with Crippen LogP contribution in [-0.4, -0.2) is 35.8 Å². The van der Waals surface area contributed by atoms with Gasteiger partial charge in [-0.3, -0.25) is 0 Å². The molecule has 1 aromatic heterocycles. The Bertz CT molecular complexity index is 383. The maximum absolute atomic E-state index is 5.95. The monoisotopic (exact) mass is 236 g/mol. The van der Waals surface area contributed by atoms with Crippen molar-refractivity contribution in [1.82, 2.24) is 9.97 Å². The molecular weight excluding hydrogens is 216 g/mol. The molecule has 0 spiro atoms. The SMILES string of the molecule is CCCc1c(N)ncnc1N1CCOCC1C. The van der Waals surface area contributed by atoms with Crippen molar-refractivity contribution in [2.75, 3.05) is 30.4 Å². The Kier molecular flexibility index (Phi) is 3.78. The van der Waals surface area contributed by atoms with Gasteiger partial charge in [-0.1, -0.05) is 13.3 Å². The van der Waals surface area contributed by atoms with Gasteiger partial charge in [0.05, 0.1) is 19.3 Å². The van der Waals surface area contributed by atoms with Gasteiger partial charge in [0.25, 0.3) is 0 Å². The van der Waals surface area contributed by atoms with Crippen LogP contribution in [0.3, 0.4) is 0 Å². The van der Waals surface area contributed by atoms with Gasteiger partial charge in [0.15, 0.2) is 0 Å². The van der Waals surface area contributed by atoms with E-state index < -0.39 is 0 Å². The highest BCUT2D eigenvalue weighted by Gasteiger charge is 2.23. The molecule has 0 aromatic carbocycles. The number of hydrogen-bond donors (Lipinski definition) is 1. The van der Waals surface area contributed by atoms with Crippen LogP contribution in [-0.2, 0) is 11.2 Å². The van der Waals surface area contributed by atoms with Crippen LogP contribution in [0.25, 0.3) is 0 Å². The molecule has 5 nitrogen and oxygen atoms in total. The molecule has 1 unspecified atom stereocenters. The van der Waals surface area contributed by atoms with Gasteiger partial charge >= 0.3 is 0 Å². The summed E-state index contributed by atoms with van der Waals surface area (Å²) in [4.78, 5) is 10.8. The zero-order valence-electron chi connectivity index (χ0n) is 10.5. The van der Waals surface area contributed by atoms with Crippen LogP contribution in [0.1, 0.15) is 25.8 Å². The second-order valence-electron chi connectivity index (χ2n) is 4.43. The molecule has 0 saturated carbocycles. The summed E-state index contributed by atoms with van der Waals surface area (Å²) in [5.41, 5.74) is 7.02. The van der Waals surface area contributed by atoms with Gasteiger partial charge in [0.1, 0.15) is 18.0 Å². The second kappa shape index (κ2) is 5.31. The molecule has 0 amide bonds. The third-order valence-electron chi connectivity index (χ3n) is 3.10. The number of morpholine rings is 1. The molecule has 1 fully saturated rings. The van der Waals surface area contributed by atoms with Crippen molar-refractivity contribution in [1.29, 1.82) is 0 Å². The molecule has 1 aromatic rings. The van der Waals surface area contributed by atoms with Gasteiger partial charge < -0.3 is 15.4 Å². The van der Waals surface area contributed by atoms with Crippen LogP contribution in [0.5, 0.6) is 0 Å². The number of nitrogens with two attached hydrogens (primary N) is 1. The van der Waals surface area contributed by atoms with Gasteiger partial charge in [-0.25, -0.2) is 9.97 Å². The lowest BCUT2D eigenvalue weighted by atomic mass is 10.1. The molecule has 0 bridgehead atoms. The van der Waals surface area contributed by atoms with Crippen molar-refractivity contribution in [2.45, 2.75) is 32.7 Å². The van der Waals surface area contributed by atoms with Gasteiger partial charge in [-0.05, 0) is 13.3 Å². The fourth-order valence-electron chi connectivity index (χ4n) is 2.20. The van der Waals surface area contributed by atoms with Crippen LogP contribution in [0, 0.1) is 0 Å². The lowest BCUT2D eigenvalue weighted by Crippen LogP contribution is -2.44. The molecular formula is C12H20N4O. The summed E-state index contributed by atoms with van der Waals surface area (Å²) < 4.78 is 5.45. The zero-order valence-corrected chi connectivity index (χ0v) is 10.5. The van der Waals surface area contributed by atoms with E-state index in [1.54, 1.807) is 6.33 Å². The van der Waals surface area contributed by atoms with E-state index in [9.17, 15) is 0 Å². The van der Waals surface area contributed by atoms with Crippen LogP contribution in [0.4, 0.5) is 11.6 Å². The number of anilines is 2. The minimum Gasteiger partial charge on any atom is -0.383 e. The third kappa shape index (κ3) is 2.49. The van der Waals surface area contributed by atoms with Crippen LogP contribution < -0.4 is 10.6 Å². The Hall–Kier alpha value is -1.36. The summed E-state index contributed by atoms with van der Waals surface area (Å²) in [7, 11) is 0.